The van der Waals surface area contributed by atoms with Gasteiger partial charge in [-0.15, -0.1) is 0 Å². The van der Waals surface area contributed by atoms with Gasteiger partial charge < -0.3 is 19.9 Å². The third-order valence-corrected chi connectivity index (χ3v) is 4.68. The van der Waals surface area contributed by atoms with E-state index in [-0.39, 0.29) is 18.2 Å². The number of ether oxygens (including phenoxy) is 1. The lowest BCUT2D eigenvalue weighted by Gasteiger charge is -2.38. The molecule has 0 bridgehead atoms. The maximum atomic E-state index is 12.4. The monoisotopic (exact) mass is 326 g/mol. The van der Waals surface area contributed by atoms with Gasteiger partial charge in [0.05, 0.1) is 6.61 Å². The van der Waals surface area contributed by atoms with Crippen molar-refractivity contribution in [3.05, 3.63) is 0 Å². The van der Waals surface area contributed by atoms with Crippen molar-refractivity contribution in [1.29, 1.82) is 0 Å². The van der Waals surface area contributed by atoms with Gasteiger partial charge in [-0.3, -0.25) is 4.90 Å². The molecule has 7 nitrogen and oxygen atoms in total. The van der Waals surface area contributed by atoms with Crippen molar-refractivity contribution in [2.75, 3.05) is 45.9 Å². The summed E-state index contributed by atoms with van der Waals surface area (Å²) in [4.78, 5) is 30.0. The minimum Gasteiger partial charge on any atom is -0.450 e. The lowest BCUT2D eigenvalue weighted by molar-refractivity contribution is 0.0930. The van der Waals surface area contributed by atoms with Crippen molar-refractivity contribution in [3.8, 4) is 0 Å². The number of nitrogens with zero attached hydrogens (tertiary/aromatic N) is 3. The predicted molar refractivity (Wildman–Crippen MR) is 88.4 cm³/mol. The summed E-state index contributed by atoms with van der Waals surface area (Å²) in [6, 6.07) is 0.715. The highest BCUT2D eigenvalue weighted by Gasteiger charge is 2.27. The van der Waals surface area contributed by atoms with Crippen LogP contribution in [-0.2, 0) is 4.74 Å². The smallest absolute Gasteiger partial charge is 0.409 e. The predicted octanol–water partition coefficient (Wildman–Crippen LogP) is 1.34. The summed E-state index contributed by atoms with van der Waals surface area (Å²) in [5.74, 6) is 0. The zero-order chi connectivity index (χ0) is 16.8. The molecule has 0 atom stereocenters. The molecule has 23 heavy (non-hydrogen) atoms. The highest BCUT2D eigenvalue weighted by molar-refractivity contribution is 5.74. The number of nitrogens with one attached hydrogen (secondary N) is 1. The molecule has 3 amide bonds. The molecular weight excluding hydrogens is 296 g/mol. The molecule has 0 radical (unpaired) electrons. The molecule has 0 aromatic rings. The third kappa shape index (κ3) is 4.99. The van der Waals surface area contributed by atoms with Gasteiger partial charge >= 0.3 is 12.1 Å². The van der Waals surface area contributed by atoms with Gasteiger partial charge in [0.1, 0.15) is 0 Å². The van der Waals surface area contributed by atoms with E-state index in [9.17, 15) is 9.59 Å². The van der Waals surface area contributed by atoms with E-state index in [4.69, 9.17) is 4.74 Å². The van der Waals surface area contributed by atoms with Crippen LogP contribution in [0, 0.1) is 0 Å². The number of carbonyl (C=O) groups excluding carboxylic acids is 2. The maximum Gasteiger partial charge on any atom is 0.409 e. The second-order valence-corrected chi connectivity index (χ2v) is 6.53. The Bertz CT molecular complexity index is 400. The molecule has 2 fully saturated rings. The Kier molecular flexibility index (Phi) is 6.50. The molecule has 0 unspecified atom stereocenters. The standard InChI is InChI=1S/C16H30N4O3/c1-4-23-16(22)20-7-5-14(6-8-20)17-15(21)19-11-9-18(10-12-19)13(2)3/h13-14H,4-12H2,1-3H3,(H,17,21). The molecule has 0 aliphatic carbocycles. The van der Waals surface area contributed by atoms with Crippen LogP contribution in [0.1, 0.15) is 33.6 Å². The number of amides is 3. The highest BCUT2D eigenvalue weighted by atomic mass is 16.6. The Balaban J connectivity index is 1.70. The van der Waals surface area contributed by atoms with Gasteiger partial charge in [-0.2, -0.15) is 0 Å². The molecule has 7 heteroatoms. The fraction of sp³-hybridized carbons (Fsp3) is 0.875. The molecule has 2 saturated heterocycles. The van der Waals surface area contributed by atoms with Crippen molar-refractivity contribution >= 4 is 12.1 Å². The molecule has 0 spiro atoms. The van der Waals surface area contributed by atoms with Gasteiger partial charge in [0, 0.05) is 51.4 Å². The zero-order valence-electron chi connectivity index (χ0n) is 14.6. The van der Waals surface area contributed by atoms with E-state index < -0.39 is 0 Å². The maximum absolute atomic E-state index is 12.4. The number of piperazine rings is 1. The number of hydrogen-bond acceptors (Lipinski definition) is 4. The Morgan fingerprint density at radius 2 is 1.65 bits per heavy atom. The third-order valence-electron chi connectivity index (χ3n) is 4.68. The first kappa shape index (κ1) is 17.8. The number of carbonyl (C=O) groups is 2. The van der Waals surface area contributed by atoms with E-state index in [1.54, 1.807) is 4.90 Å². The van der Waals surface area contributed by atoms with Crippen molar-refractivity contribution in [2.24, 2.45) is 0 Å². The fourth-order valence-electron chi connectivity index (χ4n) is 3.13. The van der Waals surface area contributed by atoms with Crippen LogP contribution in [0.15, 0.2) is 0 Å². The van der Waals surface area contributed by atoms with Crippen LogP contribution in [0.3, 0.4) is 0 Å². The number of hydrogen-bond donors (Lipinski definition) is 1. The van der Waals surface area contributed by atoms with E-state index in [0.717, 1.165) is 39.0 Å². The molecule has 0 aromatic carbocycles. The van der Waals surface area contributed by atoms with Crippen LogP contribution in [0.5, 0.6) is 0 Å². The SMILES string of the molecule is CCOC(=O)N1CCC(NC(=O)N2CCN(C(C)C)CC2)CC1. The minimum atomic E-state index is -0.248. The Morgan fingerprint density at radius 1 is 1.04 bits per heavy atom. The van der Waals surface area contributed by atoms with Crippen molar-refractivity contribution in [2.45, 2.75) is 45.7 Å². The number of urea groups is 1. The summed E-state index contributed by atoms with van der Waals surface area (Å²) < 4.78 is 5.01. The molecular formula is C16H30N4O3. The summed E-state index contributed by atoms with van der Waals surface area (Å²) in [5.41, 5.74) is 0. The lowest BCUT2D eigenvalue weighted by atomic mass is 10.1. The van der Waals surface area contributed by atoms with Crippen LogP contribution < -0.4 is 5.32 Å². The Labute approximate surface area is 138 Å². The van der Waals surface area contributed by atoms with Crippen LogP contribution in [-0.4, -0.2) is 84.8 Å². The minimum absolute atomic E-state index is 0.0305. The first-order valence-corrected chi connectivity index (χ1v) is 8.72. The largest absolute Gasteiger partial charge is 0.450 e. The molecule has 2 rings (SSSR count). The molecule has 2 heterocycles. The summed E-state index contributed by atoms with van der Waals surface area (Å²) >= 11 is 0. The zero-order valence-corrected chi connectivity index (χ0v) is 14.6. The Morgan fingerprint density at radius 3 is 2.17 bits per heavy atom. The highest BCUT2D eigenvalue weighted by Crippen LogP contribution is 2.13. The van der Waals surface area contributed by atoms with Gasteiger partial charge in [-0.25, -0.2) is 9.59 Å². The average Bonchev–Trinajstić information content (AvgIpc) is 2.55. The summed E-state index contributed by atoms with van der Waals surface area (Å²) in [7, 11) is 0. The van der Waals surface area contributed by atoms with Crippen molar-refractivity contribution < 1.29 is 14.3 Å². The number of likely N-dealkylation sites (tertiary alicyclic amines) is 1. The molecule has 0 saturated carbocycles. The lowest BCUT2D eigenvalue weighted by Crippen LogP contribution is -2.56. The van der Waals surface area contributed by atoms with Gasteiger partial charge in [-0.05, 0) is 33.6 Å². The van der Waals surface area contributed by atoms with Crippen molar-refractivity contribution in [3.63, 3.8) is 0 Å². The summed E-state index contributed by atoms with van der Waals surface area (Å²) in [6.07, 6.45) is 1.33. The molecule has 0 aromatic heterocycles. The van der Waals surface area contributed by atoms with E-state index in [1.165, 1.54) is 0 Å². The number of rotatable bonds is 3. The quantitative estimate of drug-likeness (QED) is 0.850. The molecule has 2 aliphatic heterocycles. The fourth-order valence-corrected chi connectivity index (χ4v) is 3.13. The summed E-state index contributed by atoms with van der Waals surface area (Å²) in [5, 5.41) is 3.11. The molecule has 2 aliphatic rings. The van der Waals surface area contributed by atoms with Gasteiger partial charge in [0.2, 0.25) is 0 Å². The molecule has 1 N–H and O–H groups in total. The van der Waals surface area contributed by atoms with E-state index in [2.05, 4.69) is 24.1 Å². The second kappa shape index (κ2) is 8.38. The molecule has 132 valence electrons. The van der Waals surface area contributed by atoms with E-state index in [1.807, 2.05) is 11.8 Å². The Hall–Kier alpha value is -1.50. The normalized spacial score (nSPS) is 20.7. The van der Waals surface area contributed by atoms with Crippen LogP contribution in [0.2, 0.25) is 0 Å². The van der Waals surface area contributed by atoms with Crippen LogP contribution in [0.25, 0.3) is 0 Å². The topological polar surface area (TPSA) is 65.1 Å². The van der Waals surface area contributed by atoms with E-state index in [0.29, 0.717) is 25.7 Å². The van der Waals surface area contributed by atoms with Crippen LogP contribution in [0.4, 0.5) is 9.59 Å². The first-order chi connectivity index (χ1) is 11.0. The number of piperidine rings is 1. The van der Waals surface area contributed by atoms with Crippen LogP contribution >= 0.6 is 0 Å². The summed E-state index contributed by atoms with van der Waals surface area (Å²) in [6.45, 7) is 11.3. The van der Waals surface area contributed by atoms with Gasteiger partial charge in [0.15, 0.2) is 0 Å². The van der Waals surface area contributed by atoms with E-state index >= 15 is 0 Å². The first-order valence-electron chi connectivity index (χ1n) is 8.72. The average molecular weight is 326 g/mol. The van der Waals surface area contributed by atoms with Crippen molar-refractivity contribution in [1.82, 2.24) is 20.0 Å². The van der Waals surface area contributed by atoms with Gasteiger partial charge in [0.25, 0.3) is 0 Å². The van der Waals surface area contributed by atoms with Gasteiger partial charge in [-0.1, -0.05) is 0 Å². The second-order valence-electron chi connectivity index (χ2n) is 6.53.